The number of rotatable bonds is 1. The molecule has 0 aromatic heterocycles. The molecule has 1 atom stereocenters. The number of para-hydroxylation sites is 1. The zero-order chi connectivity index (χ0) is 11.0. The fourth-order valence-corrected chi connectivity index (χ4v) is 3.29. The lowest BCUT2D eigenvalue weighted by Gasteiger charge is -2.28. The van der Waals surface area contributed by atoms with E-state index in [0.29, 0.717) is 0 Å². The summed E-state index contributed by atoms with van der Waals surface area (Å²) in [4.78, 5) is 2.42. The van der Waals surface area contributed by atoms with Gasteiger partial charge in [-0.05, 0) is 43.5 Å². The number of nitrogens with zero attached hydrogens (tertiary/aromatic N) is 1. The predicted molar refractivity (Wildman–Crippen MR) is 68.0 cm³/mol. The number of hydrogen-bond donors (Lipinski definition) is 1. The first kappa shape index (κ1) is 10.2. The summed E-state index contributed by atoms with van der Waals surface area (Å²) in [7, 11) is 2.22. The van der Waals surface area contributed by atoms with Crippen LogP contribution in [0, 0.1) is 5.92 Å². The Hall–Kier alpha value is -1.02. The SMILES string of the molecule is CN1CC(C2CCNCC2)c2ccccc21. The van der Waals surface area contributed by atoms with Crippen LogP contribution in [0.2, 0.25) is 0 Å². The molecule has 86 valence electrons. The minimum atomic E-state index is 0.767. The van der Waals surface area contributed by atoms with Gasteiger partial charge in [-0.1, -0.05) is 18.2 Å². The monoisotopic (exact) mass is 216 g/mol. The second-order valence-electron chi connectivity index (χ2n) is 5.13. The molecule has 1 aromatic rings. The standard InChI is InChI=1S/C14H20N2/c1-16-10-13(11-6-8-15-9-7-11)12-4-2-3-5-14(12)16/h2-5,11,13,15H,6-10H2,1H3. The normalized spacial score (nSPS) is 25.8. The number of piperidine rings is 1. The van der Waals surface area contributed by atoms with E-state index < -0.39 is 0 Å². The Kier molecular flexibility index (Phi) is 2.60. The average Bonchev–Trinajstić information content (AvgIpc) is 2.69. The van der Waals surface area contributed by atoms with Crippen LogP contribution in [0.1, 0.15) is 24.3 Å². The molecule has 16 heavy (non-hydrogen) atoms. The molecular formula is C14H20N2. The molecule has 1 N–H and O–H groups in total. The first-order valence-corrected chi connectivity index (χ1v) is 6.37. The average molecular weight is 216 g/mol. The zero-order valence-corrected chi connectivity index (χ0v) is 9.95. The van der Waals surface area contributed by atoms with E-state index in [9.17, 15) is 0 Å². The molecule has 1 saturated heterocycles. The maximum atomic E-state index is 3.46. The fourth-order valence-electron chi connectivity index (χ4n) is 3.29. The predicted octanol–water partition coefficient (Wildman–Crippen LogP) is 2.22. The topological polar surface area (TPSA) is 15.3 Å². The largest absolute Gasteiger partial charge is 0.374 e. The van der Waals surface area contributed by atoms with Crippen molar-refractivity contribution < 1.29 is 0 Å². The summed E-state index contributed by atoms with van der Waals surface area (Å²) in [5.41, 5.74) is 3.03. The number of anilines is 1. The van der Waals surface area contributed by atoms with Gasteiger partial charge in [0.15, 0.2) is 0 Å². The van der Waals surface area contributed by atoms with Crippen LogP contribution < -0.4 is 10.2 Å². The number of benzene rings is 1. The molecule has 0 bridgehead atoms. The van der Waals surface area contributed by atoms with Gasteiger partial charge >= 0.3 is 0 Å². The van der Waals surface area contributed by atoms with Crippen molar-refractivity contribution in [2.24, 2.45) is 5.92 Å². The molecule has 0 saturated carbocycles. The highest BCUT2D eigenvalue weighted by molar-refractivity contribution is 5.59. The lowest BCUT2D eigenvalue weighted by Crippen LogP contribution is -2.32. The molecule has 1 aromatic carbocycles. The Bertz CT molecular complexity index is 369. The summed E-state index contributed by atoms with van der Waals surface area (Å²) in [6.45, 7) is 3.62. The van der Waals surface area contributed by atoms with E-state index in [1.807, 2.05) is 0 Å². The van der Waals surface area contributed by atoms with E-state index in [4.69, 9.17) is 0 Å². The minimum Gasteiger partial charge on any atom is -0.374 e. The van der Waals surface area contributed by atoms with Gasteiger partial charge in [0.1, 0.15) is 0 Å². The van der Waals surface area contributed by atoms with Gasteiger partial charge in [0.25, 0.3) is 0 Å². The Labute approximate surface area is 97.6 Å². The molecule has 3 rings (SSSR count). The molecule has 2 nitrogen and oxygen atoms in total. The van der Waals surface area contributed by atoms with Crippen LogP contribution in [-0.4, -0.2) is 26.7 Å². The molecule has 2 heteroatoms. The quantitative estimate of drug-likeness (QED) is 0.774. The van der Waals surface area contributed by atoms with Crippen LogP contribution in [0.3, 0.4) is 0 Å². The first-order chi connectivity index (χ1) is 7.86. The van der Waals surface area contributed by atoms with Gasteiger partial charge in [-0.3, -0.25) is 0 Å². The third-order valence-electron chi connectivity index (χ3n) is 4.17. The Morgan fingerprint density at radius 1 is 1.19 bits per heavy atom. The van der Waals surface area contributed by atoms with Crippen LogP contribution in [0.25, 0.3) is 0 Å². The van der Waals surface area contributed by atoms with E-state index in [0.717, 1.165) is 11.8 Å². The van der Waals surface area contributed by atoms with Crippen molar-refractivity contribution in [3.8, 4) is 0 Å². The van der Waals surface area contributed by atoms with Crippen molar-refractivity contribution in [1.29, 1.82) is 0 Å². The summed E-state index contributed by atoms with van der Waals surface area (Å²) in [5.74, 6) is 1.65. The van der Waals surface area contributed by atoms with Crippen LogP contribution in [0.15, 0.2) is 24.3 Å². The van der Waals surface area contributed by atoms with Gasteiger partial charge in [0.05, 0.1) is 0 Å². The molecule has 2 heterocycles. The zero-order valence-electron chi connectivity index (χ0n) is 9.95. The van der Waals surface area contributed by atoms with Crippen LogP contribution in [0.4, 0.5) is 5.69 Å². The molecule has 2 aliphatic rings. The lowest BCUT2D eigenvalue weighted by atomic mass is 9.82. The number of fused-ring (bicyclic) bond motifs is 1. The van der Waals surface area contributed by atoms with E-state index in [2.05, 4.69) is 41.5 Å². The van der Waals surface area contributed by atoms with E-state index in [1.54, 1.807) is 5.56 Å². The first-order valence-electron chi connectivity index (χ1n) is 6.37. The summed E-state index contributed by atoms with van der Waals surface area (Å²) in [6, 6.07) is 8.92. The van der Waals surface area contributed by atoms with Crippen LogP contribution in [0.5, 0.6) is 0 Å². The van der Waals surface area contributed by atoms with Gasteiger partial charge in [-0.2, -0.15) is 0 Å². The van der Waals surface area contributed by atoms with E-state index in [-0.39, 0.29) is 0 Å². The number of hydrogen-bond acceptors (Lipinski definition) is 2. The molecule has 2 aliphatic heterocycles. The Morgan fingerprint density at radius 3 is 2.75 bits per heavy atom. The second-order valence-corrected chi connectivity index (χ2v) is 5.13. The maximum Gasteiger partial charge on any atom is 0.0399 e. The summed E-state index contributed by atoms with van der Waals surface area (Å²) < 4.78 is 0. The summed E-state index contributed by atoms with van der Waals surface area (Å²) >= 11 is 0. The third-order valence-corrected chi connectivity index (χ3v) is 4.17. The molecule has 0 aliphatic carbocycles. The van der Waals surface area contributed by atoms with Crippen LogP contribution >= 0.6 is 0 Å². The van der Waals surface area contributed by atoms with Crippen molar-refractivity contribution >= 4 is 5.69 Å². The van der Waals surface area contributed by atoms with Crippen molar-refractivity contribution in [3.63, 3.8) is 0 Å². The Balaban J connectivity index is 1.87. The van der Waals surface area contributed by atoms with Crippen molar-refractivity contribution in [1.82, 2.24) is 5.32 Å². The number of likely N-dealkylation sites (N-methyl/N-ethyl adjacent to an activating group) is 1. The molecule has 0 spiro atoms. The summed E-state index contributed by atoms with van der Waals surface area (Å²) in [6.07, 6.45) is 2.68. The third kappa shape index (κ3) is 1.61. The highest BCUT2D eigenvalue weighted by Crippen LogP contribution is 2.41. The van der Waals surface area contributed by atoms with Gasteiger partial charge in [0, 0.05) is 25.2 Å². The van der Waals surface area contributed by atoms with Crippen molar-refractivity contribution in [2.45, 2.75) is 18.8 Å². The molecule has 1 unspecified atom stereocenters. The number of nitrogens with one attached hydrogen (secondary N) is 1. The second kappa shape index (κ2) is 4.10. The lowest BCUT2D eigenvalue weighted by molar-refractivity contribution is 0.327. The molecule has 0 radical (unpaired) electrons. The minimum absolute atomic E-state index is 0.767. The van der Waals surface area contributed by atoms with Gasteiger partial charge in [0.2, 0.25) is 0 Å². The van der Waals surface area contributed by atoms with Crippen molar-refractivity contribution in [2.75, 3.05) is 31.6 Å². The van der Waals surface area contributed by atoms with Crippen LogP contribution in [-0.2, 0) is 0 Å². The highest BCUT2D eigenvalue weighted by Gasteiger charge is 2.32. The molecule has 1 fully saturated rings. The maximum absolute atomic E-state index is 3.46. The van der Waals surface area contributed by atoms with Gasteiger partial charge in [-0.25, -0.2) is 0 Å². The van der Waals surface area contributed by atoms with E-state index in [1.165, 1.54) is 38.2 Å². The highest BCUT2D eigenvalue weighted by atomic mass is 15.1. The van der Waals surface area contributed by atoms with E-state index >= 15 is 0 Å². The van der Waals surface area contributed by atoms with Gasteiger partial charge < -0.3 is 10.2 Å². The smallest absolute Gasteiger partial charge is 0.0399 e. The van der Waals surface area contributed by atoms with Crippen molar-refractivity contribution in [3.05, 3.63) is 29.8 Å². The fraction of sp³-hybridized carbons (Fsp3) is 0.571. The Morgan fingerprint density at radius 2 is 1.94 bits per heavy atom. The molecule has 0 amide bonds. The summed E-state index contributed by atoms with van der Waals surface area (Å²) in [5, 5.41) is 3.46. The van der Waals surface area contributed by atoms with Gasteiger partial charge in [-0.15, -0.1) is 0 Å². The molecular weight excluding hydrogens is 196 g/mol.